The molecule has 0 spiro atoms. The third-order valence-electron chi connectivity index (χ3n) is 2.76. The first-order valence-electron chi connectivity index (χ1n) is 5.49. The maximum Gasteiger partial charge on any atom is 0.377 e. The van der Waals surface area contributed by atoms with E-state index in [2.05, 4.69) is 0 Å². The van der Waals surface area contributed by atoms with Gasteiger partial charge < -0.3 is 14.7 Å². The monoisotopic (exact) mass is 269 g/mol. The molecule has 0 radical (unpaired) electrons. The number of Topliss-reactive ketones (excluding diaryl/α,β-unsaturated/α-hetero) is 1. The van der Waals surface area contributed by atoms with E-state index in [9.17, 15) is 9.59 Å². The number of rotatable bonds is 3. The minimum Gasteiger partial charge on any atom is -0.475 e. The number of carbonyl (C=O) groups excluding carboxylic acids is 1. The molecule has 6 heteroatoms. The number of ketones is 1. The molecule has 0 unspecified atom stereocenters. The highest BCUT2D eigenvalue weighted by Crippen LogP contribution is 2.27. The molecule has 5 nitrogen and oxygen atoms in total. The zero-order chi connectivity index (χ0) is 13.1. The highest BCUT2D eigenvalue weighted by Gasteiger charge is 2.18. The maximum atomic E-state index is 11.3. The van der Waals surface area contributed by atoms with E-state index in [-0.39, 0.29) is 5.56 Å². The van der Waals surface area contributed by atoms with Gasteiger partial charge in [0.2, 0.25) is 0 Å². The lowest BCUT2D eigenvalue weighted by atomic mass is 10.1. The SMILES string of the molecule is O=C(O)C(=O)c1ccc(N2CCOCC2)c(Cl)c1. The van der Waals surface area contributed by atoms with E-state index in [1.807, 2.05) is 4.90 Å². The Kier molecular flexibility index (Phi) is 3.84. The van der Waals surface area contributed by atoms with Crippen LogP contribution < -0.4 is 4.90 Å². The molecular formula is C12H12ClNO4. The van der Waals surface area contributed by atoms with Crippen molar-refractivity contribution in [3.63, 3.8) is 0 Å². The third kappa shape index (κ3) is 2.63. The molecule has 1 aromatic rings. The minimum absolute atomic E-state index is 0.0875. The Balaban J connectivity index is 2.24. The molecule has 1 heterocycles. The first-order chi connectivity index (χ1) is 8.59. The fraction of sp³-hybridized carbons (Fsp3) is 0.333. The number of hydrogen-bond acceptors (Lipinski definition) is 4. The molecule has 0 atom stereocenters. The van der Waals surface area contributed by atoms with Gasteiger partial charge in [0.1, 0.15) is 0 Å². The topological polar surface area (TPSA) is 66.8 Å². The number of benzene rings is 1. The summed E-state index contributed by atoms with van der Waals surface area (Å²) >= 11 is 6.08. The number of halogens is 1. The van der Waals surface area contributed by atoms with Crippen LogP contribution in [0.5, 0.6) is 0 Å². The van der Waals surface area contributed by atoms with Crippen LogP contribution in [-0.4, -0.2) is 43.2 Å². The predicted octanol–water partition coefficient (Wildman–Crippen LogP) is 1.44. The smallest absolute Gasteiger partial charge is 0.377 e. The molecule has 2 rings (SSSR count). The second-order valence-corrected chi connectivity index (χ2v) is 4.31. The summed E-state index contributed by atoms with van der Waals surface area (Å²) in [6, 6.07) is 4.54. The average molecular weight is 270 g/mol. The fourth-order valence-electron chi connectivity index (χ4n) is 1.83. The van der Waals surface area contributed by atoms with E-state index in [4.69, 9.17) is 21.4 Å². The molecule has 0 saturated carbocycles. The number of carboxylic acid groups (broad SMARTS) is 1. The van der Waals surface area contributed by atoms with Gasteiger partial charge in [-0.2, -0.15) is 0 Å². The summed E-state index contributed by atoms with van der Waals surface area (Å²) in [6.07, 6.45) is 0. The highest BCUT2D eigenvalue weighted by molar-refractivity contribution is 6.41. The Morgan fingerprint density at radius 3 is 2.50 bits per heavy atom. The Bertz CT molecular complexity index is 483. The number of carbonyl (C=O) groups is 2. The molecule has 1 fully saturated rings. The van der Waals surface area contributed by atoms with Gasteiger partial charge in [-0.1, -0.05) is 11.6 Å². The summed E-state index contributed by atoms with van der Waals surface area (Å²) in [6.45, 7) is 2.72. The van der Waals surface area contributed by atoms with Crippen LogP contribution in [0.4, 0.5) is 5.69 Å². The first kappa shape index (κ1) is 12.9. The normalized spacial score (nSPS) is 15.5. The predicted molar refractivity (Wildman–Crippen MR) is 66.5 cm³/mol. The van der Waals surface area contributed by atoms with Crippen molar-refractivity contribution in [2.45, 2.75) is 0 Å². The second kappa shape index (κ2) is 5.37. The number of hydrogen-bond donors (Lipinski definition) is 1. The van der Waals surface area contributed by atoms with Crippen LogP contribution in [0, 0.1) is 0 Å². The fourth-order valence-corrected chi connectivity index (χ4v) is 2.13. The van der Waals surface area contributed by atoms with Gasteiger partial charge in [0.05, 0.1) is 23.9 Å². The Morgan fingerprint density at radius 1 is 1.28 bits per heavy atom. The first-order valence-corrected chi connectivity index (χ1v) is 5.87. The summed E-state index contributed by atoms with van der Waals surface area (Å²) < 4.78 is 5.24. The van der Waals surface area contributed by atoms with Crippen LogP contribution in [-0.2, 0) is 9.53 Å². The molecule has 0 amide bonds. The lowest BCUT2D eigenvalue weighted by Gasteiger charge is -2.29. The van der Waals surface area contributed by atoms with Crippen LogP contribution >= 0.6 is 11.6 Å². The van der Waals surface area contributed by atoms with Gasteiger partial charge in [-0.25, -0.2) is 4.79 Å². The van der Waals surface area contributed by atoms with Gasteiger partial charge in [-0.3, -0.25) is 4.79 Å². The van der Waals surface area contributed by atoms with Crippen molar-refractivity contribution in [1.82, 2.24) is 0 Å². The van der Waals surface area contributed by atoms with E-state index in [1.165, 1.54) is 12.1 Å². The quantitative estimate of drug-likeness (QED) is 0.664. The van der Waals surface area contributed by atoms with Gasteiger partial charge in [0.15, 0.2) is 0 Å². The van der Waals surface area contributed by atoms with Crippen molar-refractivity contribution >= 4 is 29.0 Å². The van der Waals surface area contributed by atoms with Crippen molar-refractivity contribution in [2.75, 3.05) is 31.2 Å². The zero-order valence-electron chi connectivity index (χ0n) is 9.56. The second-order valence-electron chi connectivity index (χ2n) is 3.90. The number of nitrogens with zero attached hydrogens (tertiary/aromatic N) is 1. The summed E-state index contributed by atoms with van der Waals surface area (Å²) in [5.41, 5.74) is 0.881. The summed E-state index contributed by atoms with van der Waals surface area (Å²) in [5, 5.41) is 9.00. The maximum absolute atomic E-state index is 11.3. The van der Waals surface area contributed by atoms with Crippen molar-refractivity contribution in [3.05, 3.63) is 28.8 Å². The Hall–Kier alpha value is -1.59. The van der Waals surface area contributed by atoms with Crippen LogP contribution in [0.15, 0.2) is 18.2 Å². The number of anilines is 1. The zero-order valence-corrected chi connectivity index (χ0v) is 10.3. The van der Waals surface area contributed by atoms with E-state index >= 15 is 0 Å². The summed E-state index contributed by atoms with van der Waals surface area (Å²) in [5.74, 6) is -2.43. The van der Waals surface area contributed by atoms with Crippen LogP contribution in [0.2, 0.25) is 5.02 Å². The van der Waals surface area contributed by atoms with Gasteiger partial charge >= 0.3 is 5.97 Å². The van der Waals surface area contributed by atoms with Crippen molar-refractivity contribution in [1.29, 1.82) is 0 Å². The molecule has 96 valence electrons. The average Bonchev–Trinajstić information content (AvgIpc) is 2.38. The van der Waals surface area contributed by atoms with E-state index in [0.717, 1.165) is 18.8 Å². The minimum atomic E-state index is -1.48. The molecule has 0 aromatic heterocycles. The molecule has 1 aliphatic heterocycles. The Labute approximate surface area is 109 Å². The van der Waals surface area contributed by atoms with Crippen LogP contribution in [0.3, 0.4) is 0 Å². The van der Waals surface area contributed by atoms with Crippen molar-refractivity contribution < 1.29 is 19.4 Å². The number of aliphatic carboxylic acids is 1. The van der Waals surface area contributed by atoms with Gasteiger partial charge in [0.25, 0.3) is 5.78 Å². The molecular weight excluding hydrogens is 258 g/mol. The number of morpholine rings is 1. The van der Waals surface area contributed by atoms with Crippen LogP contribution in [0.25, 0.3) is 0 Å². The largest absolute Gasteiger partial charge is 0.475 e. The van der Waals surface area contributed by atoms with Crippen LogP contribution in [0.1, 0.15) is 10.4 Å². The summed E-state index contributed by atoms with van der Waals surface area (Å²) in [4.78, 5) is 23.9. The van der Waals surface area contributed by atoms with Gasteiger partial charge in [-0.15, -0.1) is 0 Å². The van der Waals surface area contributed by atoms with Crippen molar-refractivity contribution in [3.8, 4) is 0 Å². The third-order valence-corrected chi connectivity index (χ3v) is 3.06. The molecule has 1 aliphatic rings. The molecule has 0 bridgehead atoms. The molecule has 0 aliphatic carbocycles. The Morgan fingerprint density at radius 2 is 1.94 bits per heavy atom. The molecule has 1 N–H and O–H groups in total. The van der Waals surface area contributed by atoms with E-state index in [1.54, 1.807) is 6.07 Å². The van der Waals surface area contributed by atoms with Gasteiger partial charge in [0, 0.05) is 18.7 Å². The number of ether oxygens (including phenoxy) is 1. The molecule has 1 saturated heterocycles. The molecule has 1 aromatic carbocycles. The lowest BCUT2D eigenvalue weighted by Crippen LogP contribution is -2.36. The standard InChI is InChI=1S/C12H12ClNO4/c13-9-7-8(11(15)12(16)17)1-2-10(9)14-3-5-18-6-4-14/h1-2,7H,3-6H2,(H,16,17). The highest BCUT2D eigenvalue weighted by atomic mass is 35.5. The van der Waals surface area contributed by atoms with Crippen molar-refractivity contribution in [2.24, 2.45) is 0 Å². The molecule has 18 heavy (non-hydrogen) atoms. The van der Waals surface area contributed by atoms with E-state index in [0.29, 0.717) is 18.2 Å². The number of carboxylic acids is 1. The summed E-state index contributed by atoms with van der Waals surface area (Å²) in [7, 11) is 0. The van der Waals surface area contributed by atoms with E-state index < -0.39 is 11.8 Å². The van der Waals surface area contributed by atoms with Gasteiger partial charge in [-0.05, 0) is 18.2 Å². The lowest BCUT2D eigenvalue weighted by molar-refractivity contribution is -0.131.